The molecule has 0 bridgehead atoms. The summed E-state index contributed by atoms with van der Waals surface area (Å²) in [6.07, 6.45) is 0.823. The van der Waals surface area contributed by atoms with E-state index in [0.29, 0.717) is 17.7 Å². The summed E-state index contributed by atoms with van der Waals surface area (Å²) in [6, 6.07) is 12.8. The van der Waals surface area contributed by atoms with Crippen LogP contribution in [0.4, 0.5) is 5.69 Å². The topological polar surface area (TPSA) is 79.4 Å². The molecule has 0 radical (unpaired) electrons. The van der Waals surface area contributed by atoms with E-state index in [2.05, 4.69) is 10.3 Å². The normalized spacial score (nSPS) is 11.9. The Morgan fingerprint density at radius 1 is 1.19 bits per heavy atom. The molecule has 2 aromatic carbocycles. The molecule has 0 aliphatic heterocycles. The molecule has 8 heteroatoms. The predicted molar refractivity (Wildman–Crippen MR) is 109 cm³/mol. The van der Waals surface area contributed by atoms with Gasteiger partial charge in [-0.05, 0) is 36.8 Å². The number of rotatable bonds is 6. The number of hydrogen-bond donors (Lipinski definition) is 1. The van der Waals surface area contributed by atoms with Crippen LogP contribution in [0.5, 0.6) is 0 Å². The summed E-state index contributed by atoms with van der Waals surface area (Å²) < 4.78 is 27.0. The van der Waals surface area contributed by atoms with Crippen molar-refractivity contribution in [1.29, 1.82) is 0 Å². The van der Waals surface area contributed by atoms with Crippen molar-refractivity contribution >= 4 is 43.2 Å². The molecule has 0 atom stereocenters. The summed E-state index contributed by atoms with van der Waals surface area (Å²) in [5.74, 6) is -0.175. The lowest BCUT2D eigenvalue weighted by molar-refractivity contribution is -0.116. The number of amides is 1. The van der Waals surface area contributed by atoms with Crippen LogP contribution in [0.2, 0.25) is 0 Å². The van der Waals surface area contributed by atoms with Gasteiger partial charge >= 0.3 is 0 Å². The number of aromatic nitrogens is 1. The summed E-state index contributed by atoms with van der Waals surface area (Å²) in [5, 5.41) is 3.69. The quantitative estimate of drug-likeness (QED) is 0.684. The number of carbonyl (C=O) groups is 1. The second-order valence-electron chi connectivity index (χ2n) is 6.39. The van der Waals surface area contributed by atoms with E-state index in [1.807, 2.05) is 24.3 Å². The standard InChI is InChI=1S/C19H21N3O3S2/c1-13-8-9-14(12-17(13)27(24,25)22(2)3)20-18(23)10-11-19-21-15-6-4-5-7-16(15)26-19/h4-9,12H,10-11H2,1-3H3,(H,20,23). The van der Waals surface area contributed by atoms with Crippen molar-refractivity contribution in [2.24, 2.45) is 0 Å². The number of aryl methyl sites for hydroxylation is 2. The smallest absolute Gasteiger partial charge is 0.242 e. The minimum absolute atomic E-state index is 0.175. The van der Waals surface area contributed by atoms with Crippen LogP contribution in [0.15, 0.2) is 47.4 Å². The number of benzene rings is 2. The van der Waals surface area contributed by atoms with E-state index in [1.165, 1.54) is 20.2 Å². The molecule has 3 aromatic rings. The molecule has 0 aliphatic carbocycles. The van der Waals surface area contributed by atoms with E-state index in [0.717, 1.165) is 19.5 Å². The van der Waals surface area contributed by atoms with E-state index in [-0.39, 0.29) is 17.2 Å². The molecule has 3 rings (SSSR count). The molecular formula is C19H21N3O3S2. The van der Waals surface area contributed by atoms with Gasteiger partial charge in [0.1, 0.15) is 0 Å². The van der Waals surface area contributed by atoms with Crippen molar-refractivity contribution in [3.63, 3.8) is 0 Å². The molecule has 142 valence electrons. The average Bonchev–Trinajstić information content (AvgIpc) is 3.04. The van der Waals surface area contributed by atoms with Crippen LogP contribution < -0.4 is 5.32 Å². The molecule has 1 aromatic heterocycles. The number of carbonyl (C=O) groups excluding carboxylic acids is 1. The molecule has 0 aliphatic rings. The number of nitrogens with one attached hydrogen (secondary N) is 1. The fraction of sp³-hybridized carbons (Fsp3) is 0.263. The zero-order chi connectivity index (χ0) is 19.6. The van der Waals surface area contributed by atoms with Crippen molar-refractivity contribution in [1.82, 2.24) is 9.29 Å². The van der Waals surface area contributed by atoms with Crippen LogP contribution in [-0.4, -0.2) is 37.7 Å². The molecule has 1 heterocycles. The minimum atomic E-state index is -3.56. The second kappa shape index (κ2) is 7.75. The van der Waals surface area contributed by atoms with Gasteiger partial charge in [0.05, 0.1) is 20.1 Å². The van der Waals surface area contributed by atoms with Crippen LogP contribution in [0.25, 0.3) is 10.2 Å². The van der Waals surface area contributed by atoms with Crippen molar-refractivity contribution in [2.75, 3.05) is 19.4 Å². The lowest BCUT2D eigenvalue weighted by Gasteiger charge is -2.15. The van der Waals surface area contributed by atoms with E-state index >= 15 is 0 Å². The van der Waals surface area contributed by atoms with E-state index in [4.69, 9.17) is 0 Å². The molecule has 0 unspecified atom stereocenters. The van der Waals surface area contributed by atoms with Gasteiger partial charge in [-0.2, -0.15) is 0 Å². The summed E-state index contributed by atoms with van der Waals surface area (Å²) in [5.41, 5.74) is 2.04. The van der Waals surface area contributed by atoms with Crippen LogP contribution in [0.1, 0.15) is 17.0 Å². The van der Waals surface area contributed by atoms with Crippen molar-refractivity contribution in [2.45, 2.75) is 24.7 Å². The molecule has 6 nitrogen and oxygen atoms in total. The minimum Gasteiger partial charge on any atom is -0.326 e. The van der Waals surface area contributed by atoms with Crippen LogP contribution in [0, 0.1) is 6.92 Å². The summed E-state index contributed by atoms with van der Waals surface area (Å²) in [7, 11) is -0.594. The Labute approximate surface area is 162 Å². The predicted octanol–water partition coefficient (Wildman–Crippen LogP) is 3.43. The Balaban J connectivity index is 1.69. The molecule has 1 N–H and O–H groups in total. The zero-order valence-corrected chi connectivity index (χ0v) is 17.0. The Hall–Kier alpha value is -2.29. The van der Waals surface area contributed by atoms with Crippen LogP contribution >= 0.6 is 11.3 Å². The first kappa shape index (κ1) is 19.5. The number of sulfonamides is 1. The van der Waals surface area contributed by atoms with Gasteiger partial charge in [0.25, 0.3) is 0 Å². The monoisotopic (exact) mass is 403 g/mol. The van der Waals surface area contributed by atoms with Crippen molar-refractivity contribution < 1.29 is 13.2 Å². The molecular weight excluding hydrogens is 382 g/mol. The highest BCUT2D eigenvalue weighted by molar-refractivity contribution is 7.89. The fourth-order valence-electron chi connectivity index (χ4n) is 2.62. The maximum absolute atomic E-state index is 12.4. The number of para-hydroxylation sites is 1. The first-order chi connectivity index (χ1) is 12.8. The largest absolute Gasteiger partial charge is 0.326 e. The number of hydrogen-bond acceptors (Lipinski definition) is 5. The molecule has 0 fully saturated rings. The number of anilines is 1. The van der Waals surface area contributed by atoms with E-state index in [9.17, 15) is 13.2 Å². The third-order valence-electron chi connectivity index (χ3n) is 4.13. The third kappa shape index (κ3) is 4.35. The van der Waals surface area contributed by atoms with Crippen molar-refractivity contribution in [3.8, 4) is 0 Å². The average molecular weight is 404 g/mol. The van der Waals surface area contributed by atoms with Gasteiger partial charge < -0.3 is 5.32 Å². The van der Waals surface area contributed by atoms with Gasteiger partial charge in [-0.15, -0.1) is 11.3 Å². The summed E-state index contributed by atoms with van der Waals surface area (Å²) in [4.78, 5) is 17.0. The van der Waals surface area contributed by atoms with Gasteiger partial charge in [-0.25, -0.2) is 17.7 Å². The molecule has 0 saturated heterocycles. The first-order valence-electron chi connectivity index (χ1n) is 8.45. The fourth-order valence-corrected chi connectivity index (χ4v) is 4.73. The summed E-state index contributed by atoms with van der Waals surface area (Å²) in [6.45, 7) is 1.73. The second-order valence-corrected chi connectivity index (χ2v) is 9.63. The zero-order valence-electron chi connectivity index (χ0n) is 15.4. The Bertz CT molecular complexity index is 1060. The molecule has 0 saturated carbocycles. The van der Waals surface area contributed by atoms with Gasteiger partial charge in [-0.3, -0.25) is 4.79 Å². The molecule has 0 spiro atoms. The number of fused-ring (bicyclic) bond motifs is 1. The number of nitrogens with zero attached hydrogens (tertiary/aromatic N) is 2. The maximum Gasteiger partial charge on any atom is 0.242 e. The van der Waals surface area contributed by atoms with Gasteiger partial charge in [0.15, 0.2) is 0 Å². The molecule has 27 heavy (non-hydrogen) atoms. The van der Waals surface area contributed by atoms with Gasteiger partial charge in [-0.1, -0.05) is 18.2 Å². The maximum atomic E-state index is 12.4. The van der Waals surface area contributed by atoms with E-state index in [1.54, 1.807) is 30.4 Å². The third-order valence-corrected chi connectivity index (χ3v) is 7.19. The van der Waals surface area contributed by atoms with Gasteiger partial charge in [0, 0.05) is 32.6 Å². The lowest BCUT2D eigenvalue weighted by Crippen LogP contribution is -2.23. The Morgan fingerprint density at radius 3 is 2.63 bits per heavy atom. The highest BCUT2D eigenvalue weighted by Crippen LogP contribution is 2.24. The number of thiazole rings is 1. The first-order valence-corrected chi connectivity index (χ1v) is 10.7. The van der Waals surface area contributed by atoms with E-state index < -0.39 is 10.0 Å². The highest BCUT2D eigenvalue weighted by Gasteiger charge is 2.20. The Kier molecular flexibility index (Phi) is 5.59. The SMILES string of the molecule is Cc1ccc(NC(=O)CCc2nc3ccccc3s2)cc1S(=O)(=O)N(C)C. The molecule has 1 amide bonds. The van der Waals surface area contributed by atoms with Crippen molar-refractivity contribution in [3.05, 3.63) is 53.0 Å². The van der Waals surface area contributed by atoms with Gasteiger partial charge in [0.2, 0.25) is 15.9 Å². The Morgan fingerprint density at radius 2 is 1.93 bits per heavy atom. The highest BCUT2D eigenvalue weighted by atomic mass is 32.2. The van der Waals surface area contributed by atoms with Crippen LogP contribution in [0.3, 0.4) is 0 Å². The lowest BCUT2D eigenvalue weighted by atomic mass is 10.2. The summed E-state index contributed by atoms with van der Waals surface area (Å²) >= 11 is 1.58. The van der Waals surface area contributed by atoms with Crippen LogP contribution in [-0.2, 0) is 21.2 Å².